The van der Waals surface area contributed by atoms with Crippen LogP contribution < -0.4 is 5.73 Å². The summed E-state index contributed by atoms with van der Waals surface area (Å²) in [5.41, 5.74) is 7.86. The Bertz CT molecular complexity index is 525. The molecule has 0 saturated heterocycles. The van der Waals surface area contributed by atoms with E-state index in [0.717, 1.165) is 26.4 Å². The van der Waals surface area contributed by atoms with Gasteiger partial charge in [-0.05, 0) is 18.6 Å². The highest BCUT2D eigenvalue weighted by atomic mass is 35.5. The van der Waals surface area contributed by atoms with E-state index in [2.05, 4.69) is 11.9 Å². The molecule has 18 heavy (non-hydrogen) atoms. The number of unbranched alkanes of at least 4 members (excludes halogenated alkanes) is 1. The van der Waals surface area contributed by atoms with Gasteiger partial charge in [0.25, 0.3) is 0 Å². The fourth-order valence-corrected chi connectivity index (χ4v) is 3.81. The van der Waals surface area contributed by atoms with E-state index in [-0.39, 0.29) is 0 Å². The molecule has 0 aliphatic rings. The number of thiazole rings is 1. The van der Waals surface area contributed by atoms with Crippen molar-refractivity contribution in [2.45, 2.75) is 24.1 Å². The van der Waals surface area contributed by atoms with Crippen molar-refractivity contribution in [3.05, 3.63) is 29.3 Å². The molecule has 2 N–H and O–H groups in total. The predicted octanol–water partition coefficient (Wildman–Crippen LogP) is 4.94. The number of halogens is 1. The number of hydrogen-bond donors (Lipinski definition) is 1. The van der Waals surface area contributed by atoms with Gasteiger partial charge in [-0.2, -0.15) is 0 Å². The summed E-state index contributed by atoms with van der Waals surface area (Å²) in [5, 5.41) is 1.47. The van der Waals surface area contributed by atoms with Gasteiger partial charge in [-0.3, -0.25) is 0 Å². The van der Waals surface area contributed by atoms with Crippen molar-refractivity contribution in [1.29, 1.82) is 0 Å². The maximum Gasteiger partial charge on any atom is 0.152 e. The number of benzene rings is 1. The molecule has 0 fully saturated rings. The van der Waals surface area contributed by atoms with Gasteiger partial charge in [0.05, 0.1) is 0 Å². The van der Waals surface area contributed by atoms with Gasteiger partial charge in [-0.15, -0.1) is 0 Å². The Hall–Kier alpha value is -0.710. The van der Waals surface area contributed by atoms with Crippen LogP contribution in [0, 0.1) is 0 Å². The van der Waals surface area contributed by atoms with Crippen LogP contribution in [0.15, 0.2) is 28.6 Å². The van der Waals surface area contributed by atoms with Crippen molar-refractivity contribution in [3.63, 3.8) is 0 Å². The van der Waals surface area contributed by atoms with Gasteiger partial charge < -0.3 is 5.73 Å². The number of thioether (sulfide) groups is 1. The molecule has 0 radical (unpaired) electrons. The molecule has 96 valence electrons. The average Bonchev–Trinajstić information content (AvgIpc) is 2.71. The zero-order valence-electron chi connectivity index (χ0n) is 10.1. The molecule has 1 aromatic heterocycles. The van der Waals surface area contributed by atoms with Gasteiger partial charge >= 0.3 is 0 Å². The molecule has 0 aliphatic carbocycles. The van der Waals surface area contributed by atoms with Crippen LogP contribution in [0.25, 0.3) is 11.3 Å². The summed E-state index contributed by atoms with van der Waals surface area (Å²) in [6.07, 6.45) is 2.41. The quantitative estimate of drug-likeness (QED) is 0.628. The second kappa shape index (κ2) is 6.45. The van der Waals surface area contributed by atoms with Gasteiger partial charge in [0.15, 0.2) is 4.34 Å². The number of anilines is 1. The van der Waals surface area contributed by atoms with Gasteiger partial charge in [-0.25, -0.2) is 4.98 Å². The second-order valence-corrected chi connectivity index (χ2v) is 6.71. The number of nitrogens with two attached hydrogens (primary N) is 1. The third kappa shape index (κ3) is 3.40. The minimum Gasteiger partial charge on any atom is -0.389 e. The van der Waals surface area contributed by atoms with Crippen molar-refractivity contribution in [2.24, 2.45) is 0 Å². The molecule has 0 bridgehead atoms. The van der Waals surface area contributed by atoms with Crippen LogP contribution in [0.1, 0.15) is 19.8 Å². The molecule has 0 spiro atoms. The molecule has 2 nitrogen and oxygen atoms in total. The summed E-state index contributed by atoms with van der Waals surface area (Å²) in [7, 11) is 0. The maximum atomic E-state index is 6.03. The first-order valence-electron chi connectivity index (χ1n) is 5.85. The summed E-state index contributed by atoms with van der Waals surface area (Å²) in [6.45, 7) is 2.19. The Morgan fingerprint density at radius 2 is 2.28 bits per heavy atom. The first-order chi connectivity index (χ1) is 8.70. The Morgan fingerprint density at radius 3 is 3.00 bits per heavy atom. The third-order valence-corrected chi connectivity index (χ3v) is 4.80. The van der Waals surface area contributed by atoms with Gasteiger partial charge in [0, 0.05) is 16.3 Å². The van der Waals surface area contributed by atoms with Gasteiger partial charge in [-0.1, -0.05) is 60.2 Å². The monoisotopic (exact) mass is 298 g/mol. The lowest BCUT2D eigenvalue weighted by Crippen LogP contribution is -1.85. The molecular formula is C13H15ClN2S2. The standard InChI is InChI=1S/C13H15ClN2S2/c1-2-3-7-17-13-16-11(12(15)18-13)9-5-4-6-10(14)8-9/h4-6,8H,2-3,7,15H2,1H3. The molecule has 0 aliphatic heterocycles. The molecule has 5 heteroatoms. The molecular weight excluding hydrogens is 284 g/mol. The highest BCUT2D eigenvalue weighted by Gasteiger charge is 2.11. The Kier molecular flexibility index (Phi) is 4.92. The molecule has 0 saturated carbocycles. The van der Waals surface area contributed by atoms with Gasteiger partial charge in [0.1, 0.15) is 10.7 Å². The number of nitrogen functional groups attached to an aromatic ring is 1. The first-order valence-corrected chi connectivity index (χ1v) is 8.03. The average molecular weight is 299 g/mol. The van der Waals surface area contributed by atoms with Crippen LogP contribution in [-0.4, -0.2) is 10.7 Å². The van der Waals surface area contributed by atoms with Crippen molar-refractivity contribution in [2.75, 3.05) is 11.5 Å². The molecule has 2 aromatic rings. The van der Waals surface area contributed by atoms with E-state index in [4.69, 9.17) is 17.3 Å². The number of nitrogens with zero attached hydrogens (tertiary/aromatic N) is 1. The highest BCUT2D eigenvalue weighted by Crippen LogP contribution is 2.36. The Balaban J connectivity index is 2.18. The van der Waals surface area contributed by atoms with Crippen LogP contribution in [0.3, 0.4) is 0 Å². The van der Waals surface area contributed by atoms with E-state index in [1.54, 1.807) is 23.1 Å². The van der Waals surface area contributed by atoms with Crippen molar-refractivity contribution < 1.29 is 0 Å². The molecule has 0 unspecified atom stereocenters. The number of hydrogen-bond acceptors (Lipinski definition) is 4. The third-order valence-electron chi connectivity index (χ3n) is 2.46. The summed E-state index contributed by atoms with van der Waals surface area (Å²) in [5.74, 6) is 1.10. The normalized spacial score (nSPS) is 10.8. The fourth-order valence-electron chi connectivity index (χ4n) is 1.52. The summed E-state index contributed by atoms with van der Waals surface area (Å²) in [4.78, 5) is 4.59. The Labute approximate surface area is 121 Å². The van der Waals surface area contributed by atoms with Crippen LogP contribution in [0.5, 0.6) is 0 Å². The summed E-state index contributed by atoms with van der Waals surface area (Å²) < 4.78 is 1.04. The molecule has 1 heterocycles. The van der Waals surface area contributed by atoms with Gasteiger partial charge in [0.2, 0.25) is 0 Å². The zero-order valence-corrected chi connectivity index (χ0v) is 12.5. The van der Waals surface area contributed by atoms with Crippen LogP contribution in [0.2, 0.25) is 5.02 Å². The van der Waals surface area contributed by atoms with Crippen LogP contribution in [-0.2, 0) is 0 Å². The van der Waals surface area contributed by atoms with Crippen molar-refractivity contribution in [1.82, 2.24) is 4.98 Å². The van der Waals surface area contributed by atoms with E-state index in [9.17, 15) is 0 Å². The van der Waals surface area contributed by atoms with Crippen LogP contribution >= 0.6 is 34.7 Å². The lowest BCUT2D eigenvalue weighted by atomic mass is 10.2. The minimum absolute atomic E-state index is 0.708. The fraction of sp³-hybridized carbons (Fsp3) is 0.308. The summed E-state index contributed by atoms with van der Waals surface area (Å²) >= 11 is 9.31. The molecule has 2 rings (SSSR count). The SMILES string of the molecule is CCCCSc1nc(-c2cccc(Cl)c2)c(N)s1. The van der Waals surface area contributed by atoms with E-state index < -0.39 is 0 Å². The predicted molar refractivity (Wildman–Crippen MR) is 82.6 cm³/mol. The molecule has 1 aromatic carbocycles. The van der Waals surface area contributed by atoms with E-state index in [0.29, 0.717) is 5.02 Å². The largest absolute Gasteiger partial charge is 0.389 e. The van der Waals surface area contributed by atoms with E-state index >= 15 is 0 Å². The van der Waals surface area contributed by atoms with Crippen molar-refractivity contribution >= 4 is 39.7 Å². The topological polar surface area (TPSA) is 38.9 Å². The lowest BCUT2D eigenvalue weighted by Gasteiger charge is -1.98. The van der Waals surface area contributed by atoms with E-state index in [1.165, 1.54) is 12.8 Å². The molecule has 0 atom stereocenters. The molecule has 0 amide bonds. The first kappa shape index (κ1) is 13.7. The lowest BCUT2D eigenvalue weighted by molar-refractivity contribution is 0.896. The van der Waals surface area contributed by atoms with Crippen molar-refractivity contribution in [3.8, 4) is 11.3 Å². The smallest absolute Gasteiger partial charge is 0.152 e. The minimum atomic E-state index is 0.708. The zero-order chi connectivity index (χ0) is 13.0. The summed E-state index contributed by atoms with van der Waals surface area (Å²) in [6, 6.07) is 7.65. The van der Waals surface area contributed by atoms with E-state index in [1.807, 2.05) is 24.3 Å². The number of rotatable bonds is 5. The number of aromatic nitrogens is 1. The second-order valence-electron chi connectivity index (χ2n) is 3.90. The Morgan fingerprint density at radius 1 is 1.44 bits per heavy atom. The van der Waals surface area contributed by atoms with Crippen LogP contribution in [0.4, 0.5) is 5.00 Å². The maximum absolute atomic E-state index is 6.03. The highest BCUT2D eigenvalue weighted by molar-refractivity contribution is 8.01.